The van der Waals surface area contributed by atoms with E-state index in [4.69, 9.17) is 4.74 Å². The third kappa shape index (κ3) is 6.49. The van der Waals surface area contributed by atoms with E-state index >= 15 is 0 Å². The van der Waals surface area contributed by atoms with Crippen molar-refractivity contribution in [2.24, 2.45) is 10.9 Å². The Morgan fingerprint density at radius 3 is 2.43 bits per heavy atom. The Morgan fingerprint density at radius 1 is 1.35 bits per heavy atom. The summed E-state index contributed by atoms with van der Waals surface area (Å²) in [5.74, 6) is 1.33. The number of hydrogen-bond donors (Lipinski definition) is 1. The normalized spacial score (nSPS) is 18.7. The summed E-state index contributed by atoms with van der Waals surface area (Å²) >= 11 is 0. The lowest BCUT2D eigenvalue weighted by Gasteiger charge is -2.33. The standard InChI is InChI=1S/C16H31N3O3S/c1-6-22-14(20)13-7-10-19(11-8-13)15(17-5)18-9-12-23(21)16(2,3)4/h13H,6-12H2,1-5H3,(H,17,18). The molecule has 1 fully saturated rings. The number of piperidine rings is 1. The van der Waals surface area contributed by atoms with Crippen molar-refractivity contribution >= 4 is 22.7 Å². The van der Waals surface area contributed by atoms with Crippen molar-refractivity contribution in [2.45, 2.75) is 45.3 Å². The lowest BCUT2D eigenvalue weighted by Crippen LogP contribution is -2.47. The average molecular weight is 346 g/mol. The second kappa shape index (κ2) is 9.25. The Balaban J connectivity index is 2.40. The predicted molar refractivity (Wildman–Crippen MR) is 95.1 cm³/mol. The van der Waals surface area contributed by atoms with Crippen molar-refractivity contribution in [3.63, 3.8) is 0 Å². The van der Waals surface area contributed by atoms with Gasteiger partial charge in [0.25, 0.3) is 0 Å². The maximum atomic E-state index is 12.1. The van der Waals surface area contributed by atoms with Crippen LogP contribution >= 0.6 is 0 Å². The molecule has 7 heteroatoms. The first-order chi connectivity index (χ1) is 10.8. The van der Waals surface area contributed by atoms with Crippen molar-refractivity contribution in [2.75, 3.05) is 39.0 Å². The van der Waals surface area contributed by atoms with Gasteiger partial charge in [-0.3, -0.25) is 14.0 Å². The first-order valence-corrected chi connectivity index (χ1v) is 9.62. The van der Waals surface area contributed by atoms with E-state index in [0.717, 1.165) is 31.9 Å². The summed E-state index contributed by atoms with van der Waals surface area (Å²) in [6.45, 7) is 10.4. The van der Waals surface area contributed by atoms with Crippen molar-refractivity contribution in [1.29, 1.82) is 0 Å². The summed E-state index contributed by atoms with van der Waals surface area (Å²) in [6, 6.07) is 0. The van der Waals surface area contributed by atoms with Crippen LogP contribution in [0.3, 0.4) is 0 Å². The number of hydrogen-bond acceptors (Lipinski definition) is 4. The van der Waals surface area contributed by atoms with Gasteiger partial charge in [0.05, 0.1) is 12.5 Å². The number of rotatable bonds is 5. The highest BCUT2D eigenvalue weighted by Gasteiger charge is 2.27. The maximum Gasteiger partial charge on any atom is 0.309 e. The minimum Gasteiger partial charge on any atom is -0.466 e. The minimum atomic E-state index is -0.872. The summed E-state index contributed by atoms with van der Waals surface area (Å²) in [6.07, 6.45) is 1.57. The van der Waals surface area contributed by atoms with Gasteiger partial charge < -0.3 is 15.0 Å². The molecule has 1 rings (SSSR count). The molecule has 0 spiro atoms. The third-order valence-electron chi connectivity index (χ3n) is 3.88. The van der Waals surface area contributed by atoms with Gasteiger partial charge in [0, 0.05) is 48.0 Å². The number of nitrogens with zero attached hydrogens (tertiary/aromatic N) is 2. The Labute approximate surface area is 142 Å². The zero-order valence-corrected chi connectivity index (χ0v) is 15.9. The average Bonchev–Trinajstić information content (AvgIpc) is 2.51. The number of aliphatic imine (C=N–C) groups is 1. The Kier molecular flexibility index (Phi) is 8.02. The molecule has 0 bridgehead atoms. The molecular formula is C16H31N3O3S. The van der Waals surface area contributed by atoms with Crippen LogP contribution in [0.15, 0.2) is 4.99 Å². The quantitative estimate of drug-likeness (QED) is 0.463. The number of nitrogens with one attached hydrogen (secondary N) is 1. The molecule has 0 saturated carbocycles. The molecule has 0 aromatic heterocycles. The molecular weight excluding hydrogens is 314 g/mol. The molecule has 134 valence electrons. The molecule has 1 aliphatic rings. The van der Waals surface area contributed by atoms with Crippen LogP contribution in [-0.2, 0) is 20.3 Å². The molecule has 1 N–H and O–H groups in total. The third-order valence-corrected chi connectivity index (χ3v) is 5.82. The molecule has 1 aliphatic heterocycles. The van der Waals surface area contributed by atoms with Gasteiger partial charge in [-0.1, -0.05) is 0 Å². The highest BCUT2D eigenvalue weighted by atomic mass is 32.2. The number of likely N-dealkylation sites (tertiary alicyclic amines) is 1. The van der Waals surface area contributed by atoms with Gasteiger partial charge >= 0.3 is 5.97 Å². The molecule has 0 aliphatic carbocycles. The van der Waals surface area contributed by atoms with Gasteiger partial charge in [0.2, 0.25) is 0 Å². The molecule has 0 amide bonds. The van der Waals surface area contributed by atoms with E-state index in [9.17, 15) is 9.00 Å². The van der Waals surface area contributed by atoms with E-state index in [1.807, 2.05) is 27.7 Å². The van der Waals surface area contributed by atoms with E-state index in [-0.39, 0.29) is 16.6 Å². The number of carbonyl (C=O) groups is 1. The van der Waals surface area contributed by atoms with E-state index < -0.39 is 10.8 Å². The topological polar surface area (TPSA) is 71.0 Å². The molecule has 23 heavy (non-hydrogen) atoms. The van der Waals surface area contributed by atoms with E-state index in [1.165, 1.54) is 0 Å². The molecule has 0 aromatic carbocycles. The number of guanidine groups is 1. The van der Waals surface area contributed by atoms with Crippen LogP contribution < -0.4 is 5.32 Å². The summed E-state index contributed by atoms with van der Waals surface area (Å²) in [5, 5.41) is 3.28. The van der Waals surface area contributed by atoms with Crippen LogP contribution in [0.4, 0.5) is 0 Å². The number of carbonyl (C=O) groups excluding carboxylic acids is 1. The highest BCUT2D eigenvalue weighted by molar-refractivity contribution is 7.86. The lowest BCUT2D eigenvalue weighted by molar-refractivity contribution is -0.149. The van der Waals surface area contributed by atoms with Crippen molar-refractivity contribution in [1.82, 2.24) is 10.2 Å². The monoisotopic (exact) mass is 345 g/mol. The fraction of sp³-hybridized carbons (Fsp3) is 0.875. The second-order valence-corrected chi connectivity index (χ2v) is 8.97. The van der Waals surface area contributed by atoms with E-state index in [1.54, 1.807) is 7.05 Å². The maximum absolute atomic E-state index is 12.1. The van der Waals surface area contributed by atoms with Crippen LogP contribution in [0.25, 0.3) is 0 Å². The molecule has 1 saturated heterocycles. The van der Waals surface area contributed by atoms with Crippen LogP contribution in [0.5, 0.6) is 0 Å². The molecule has 1 unspecified atom stereocenters. The Morgan fingerprint density at radius 2 is 1.96 bits per heavy atom. The minimum absolute atomic E-state index is 0.00213. The van der Waals surface area contributed by atoms with Gasteiger partial charge in [0.15, 0.2) is 5.96 Å². The summed E-state index contributed by atoms with van der Waals surface area (Å²) in [7, 11) is 0.878. The zero-order valence-electron chi connectivity index (χ0n) is 15.1. The number of esters is 1. The van der Waals surface area contributed by atoms with Crippen LogP contribution in [0, 0.1) is 5.92 Å². The molecule has 6 nitrogen and oxygen atoms in total. The van der Waals surface area contributed by atoms with Gasteiger partial charge in [-0.2, -0.15) is 0 Å². The van der Waals surface area contributed by atoms with Crippen molar-refractivity contribution < 1.29 is 13.7 Å². The van der Waals surface area contributed by atoms with Gasteiger partial charge in [-0.05, 0) is 40.5 Å². The van der Waals surface area contributed by atoms with Crippen LogP contribution in [0.1, 0.15) is 40.5 Å². The SMILES string of the molecule is CCOC(=O)C1CCN(C(=NC)NCCS(=O)C(C)(C)C)CC1. The van der Waals surface area contributed by atoms with E-state index in [2.05, 4.69) is 15.2 Å². The first kappa shape index (κ1) is 19.9. The number of ether oxygens (including phenoxy) is 1. The Bertz CT molecular complexity index is 438. The summed E-state index contributed by atoms with van der Waals surface area (Å²) in [4.78, 5) is 18.2. The zero-order chi connectivity index (χ0) is 17.5. The molecule has 1 heterocycles. The lowest BCUT2D eigenvalue weighted by atomic mass is 9.97. The predicted octanol–water partition coefficient (Wildman–Crippen LogP) is 1.38. The first-order valence-electron chi connectivity index (χ1n) is 8.30. The van der Waals surface area contributed by atoms with Crippen LogP contribution in [-0.4, -0.2) is 64.8 Å². The smallest absolute Gasteiger partial charge is 0.309 e. The Hall–Kier alpha value is -1.11. The summed E-state index contributed by atoms with van der Waals surface area (Å²) < 4.78 is 17.0. The molecule has 1 atom stereocenters. The fourth-order valence-corrected chi connectivity index (χ4v) is 3.38. The van der Waals surface area contributed by atoms with E-state index in [0.29, 0.717) is 18.9 Å². The van der Waals surface area contributed by atoms with Crippen molar-refractivity contribution in [3.05, 3.63) is 0 Å². The van der Waals surface area contributed by atoms with Gasteiger partial charge in [-0.15, -0.1) is 0 Å². The summed E-state index contributed by atoms with van der Waals surface area (Å²) in [5.41, 5.74) is 0. The van der Waals surface area contributed by atoms with Gasteiger partial charge in [0.1, 0.15) is 0 Å². The molecule has 0 radical (unpaired) electrons. The highest BCUT2D eigenvalue weighted by Crippen LogP contribution is 2.18. The second-order valence-electron chi connectivity index (χ2n) is 6.65. The fourth-order valence-electron chi connectivity index (χ4n) is 2.48. The largest absolute Gasteiger partial charge is 0.466 e. The van der Waals surface area contributed by atoms with Gasteiger partial charge in [-0.25, -0.2) is 0 Å². The molecule has 0 aromatic rings. The van der Waals surface area contributed by atoms with Crippen molar-refractivity contribution in [3.8, 4) is 0 Å². The van der Waals surface area contributed by atoms with Crippen LogP contribution in [0.2, 0.25) is 0 Å².